The second kappa shape index (κ2) is 7.32. The summed E-state index contributed by atoms with van der Waals surface area (Å²) >= 11 is 5.94. The third-order valence-corrected chi connectivity index (χ3v) is 4.50. The first-order chi connectivity index (χ1) is 13.5. The number of hydrogen-bond acceptors (Lipinski definition) is 3. The van der Waals surface area contributed by atoms with E-state index in [9.17, 15) is 14.0 Å². The molecule has 0 atom stereocenters. The number of aromatic nitrogens is 1. The van der Waals surface area contributed by atoms with Crippen LogP contribution in [0.25, 0.3) is 11.1 Å². The van der Waals surface area contributed by atoms with Gasteiger partial charge in [-0.15, -0.1) is 0 Å². The van der Waals surface area contributed by atoms with Gasteiger partial charge in [-0.3, -0.25) is 9.36 Å². The van der Waals surface area contributed by atoms with Crippen molar-refractivity contribution in [1.29, 1.82) is 0 Å². The van der Waals surface area contributed by atoms with E-state index >= 15 is 0 Å². The zero-order valence-corrected chi connectivity index (χ0v) is 15.2. The summed E-state index contributed by atoms with van der Waals surface area (Å²) in [6.45, 7) is 0.200. The number of anilines is 1. The molecule has 0 fully saturated rings. The van der Waals surface area contributed by atoms with E-state index in [4.69, 9.17) is 16.0 Å². The first-order valence-corrected chi connectivity index (χ1v) is 8.82. The average Bonchev–Trinajstić information content (AvgIpc) is 2.98. The molecule has 5 nitrogen and oxygen atoms in total. The van der Waals surface area contributed by atoms with Crippen molar-refractivity contribution in [2.45, 2.75) is 6.54 Å². The van der Waals surface area contributed by atoms with Crippen LogP contribution in [0.2, 0.25) is 5.02 Å². The fraction of sp³-hybridized carbons (Fsp3) is 0.0476. The summed E-state index contributed by atoms with van der Waals surface area (Å²) in [6.07, 6.45) is 0. The number of nitrogens with one attached hydrogen (secondary N) is 1. The van der Waals surface area contributed by atoms with Crippen molar-refractivity contribution >= 4 is 34.3 Å². The van der Waals surface area contributed by atoms with Crippen molar-refractivity contribution < 1.29 is 13.6 Å². The zero-order chi connectivity index (χ0) is 19.7. The van der Waals surface area contributed by atoms with Crippen LogP contribution in [0.5, 0.6) is 0 Å². The van der Waals surface area contributed by atoms with Gasteiger partial charge in [0.25, 0.3) is 5.91 Å². The lowest BCUT2D eigenvalue weighted by Gasteiger charge is -2.07. The largest absolute Gasteiger partial charge is 0.420 e. The van der Waals surface area contributed by atoms with Crippen LogP contribution in [0.4, 0.5) is 10.1 Å². The topological polar surface area (TPSA) is 64.2 Å². The molecule has 0 aliphatic rings. The first-order valence-electron chi connectivity index (χ1n) is 8.44. The Bertz CT molecular complexity index is 1230. The number of amides is 1. The molecule has 4 rings (SSSR count). The number of carbonyl (C=O) groups excluding carboxylic acids is 1. The molecule has 0 spiro atoms. The SMILES string of the molecule is O=C(Nc1cccc(Cl)c1)c1ccc2oc(=O)n(Cc3ccc(F)cc3)c2c1. The lowest BCUT2D eigenvalue weighted by atomic mass is 10.1. The summed E-state index contributed by atoms with van der Waals surface area (Å²) in [5, 5.41) is 3.27. The van der Waals surface area contributed by atoms with Gasteiger partial charge in [-0.2, -0.15) is 0 Å². The van der Waals surface area contributed by atoms with Crippen LogP contribution in [-0.4, -0.2) is 10.5 Å². The number of nitrogens with zero attached hydrogens (tertiary/aromatic N) is 1. The number of oxazole rings is 1. The van der Waals surface area contributed by atoms with E-state index in [1.165, 1.54) is 16.7 Å². The van der Waals surface area contributed by atoms with Crippen molar-refractivity contribution in [2.75, 3.05) is 5.32 Å². The summed E-state index contributed by atoms with van der Waals surface area (Å²) in [5.41, 5.74) is 2.51. The molecule has 4 aromatic rings. The lowest BCUT2D eigenvalue weighted by Crippen LogP contribution is -2.15. The van der Waals surface area contributed by atoms with Crippen LogP contribution in [0.15, 0.2) is 75.9 Å². The number of benzene rings is 3. The van der Waals surface area contributed by atoms with Crippen molar-refractivity contribution in [3.8, 4) is 0 Å². The predicted molar refractivity (Wildman–Crippen MR) is 105 cm³/mol. The van der Waals surface area contributed by atoms with Crippen LogP contribution in [0.3, 0.4) is 0 Å². The van der Waals surface area contributed by atoms with Gasteiger partial charge in [0.2, 0.25) is 0 Å². The van der Waals surface area contributed by atoms with Crippen LogP contribution in [-0.2, 0) is 6.54 Å². The second-order valence-electron chi connectivity index (χ2n) is 6.23. The summed E-state index contributed by atoms with van der Waals surface area (Å²) in [5.74, 6) is -1.24. The van der Waals surface area contributed by atoms with Gasteiger partial charge in [-0.25, -0.2) is 9.18 Å². The maximum atomic E-state index is 13.1. The van der Waals surface area contributed by atoms with Crippen molar-refractivity contribution in [2.24, 2.45) is 0 Å². The minimum Gasteiger partial charge on any atom is -0.408 e. The fourth-order valence-corrected chi connectivity index (χ4v) is 3.09. The van der Waals surface area contributed by atoms with Gasteiger partial charge in [-0.1, -0.05) is 29.8 Å². The van der Waals surface area contributed by atoms with Crippen LogP contribution in [0.1, 0.15) is 15.9 Å². The fourth-order valence-electron chi connectivity index (χ4n) is 2.89. The van der Waals surface area contributed by atoms with Gasteiger partial charge in [0, 0.05) is 16.3 Å². The molecule has 7 heteroatoms. The molecule has 1 heterocycles. The maximum Gasteiger partial charge on any atom is 0.420 e. The smallest absolute Gasteiger partial charge is 0.408 e. The van der Waals surface area contributed by atoms with Crippen LogP contribution >= 0.6 is 11.6 Å². The molecule has 1 aromatic heterocycles. The van der Waals surface area contributed by atoms with Gasteiger partial charge in [0.05, 0.1) is 12.1 Å². The van der Waals surface area contributed by atoms with E-state index in [-0.39, 0.29) is 18.3 Å². The third kappa shape index (κ3) is 3.68. The van der Waals surface area contributed by atoms with Gasteiger partial charge >= 0.3 is 5.76 Å². The molecule has 0 saturated heterocycles. The quantitative estimate of drug-likeness (QED) is 0.544. The molecule has 1 N–H and O–H groups in total. The zero-order valence-electron chi connectivity index (χ0n) is 14.5. The summed E-state index contributed by atoms with van der Waals surface area (Å²) in [7, 11) is 0. The van der Waals surface area contributed by atoms with E-state index in [2.05, 4.69) is 5.32 Å². The molecule has 0 bridgehead atoms. The van der Waals surface area contributed by atoms with Crippen molar-refractivity contribution in [1.82, 2.24) is 4.57 Å². The molecule has 3 aromatic carbocycles. The first kappa shape index (κ1) is 18.0. The summed E-state index contributed by atoms with van der Waals surface area (Å²) < 4.78 is 19.8. The number of rotatable bonds is 4. The predicted octanol–water partition coefficient (Wildman–Crippen LogP) is 4.69. The Labute approximate surface area is 164 Å². The Balaban J connectivity index is 1.67. The molecule has 28 heavy (non-hydrogen) atoms. The highest BCUT2D eigenvalue weighted by Crippen LogP contribution is 2.19. The number of carbonyl (C=O) groups is 1. The van der Waals surface area contributed by atoms with Crippen LogP contribution < -0.4 is 11.1 Å². The minimum absolute atomic E-state index is 0.200. The Morgan fingerprint density at radius 3 is 2.61 bits per heavy atom. The molecule has 140 valence electrons. The van der Waals surface area contributed by atoms with E-state index in [0.717, 1.165) is 5.56 Å². The highest BCUT2D eigenvalue weighted by atomic mass is 35.5. The lowest BCUT2D eigenvalue weighted by molar-refractivity contribution is 0.102. The molecule has 0 aliphatic heterocycles. The van der Waals surface area contributed by atoms with Gasteiger partial charge in [-0.05, 0) is 54.1 Å². The van der Waals surface area contributed by atoms with E-state index in [0.29, 0.717) is 27.4 Å². The van der Waals surface area contributed by atoms with Gasteiger partial charge in [0.1, 0.15) is 5.82 Å². The van der Waals surface area contributed by atoms with Crippen molar-refractivity contribution in [3.05, 3.63) is 99.2 Å². The Morgan fingerprint density at radius 1 is 1.07 bits per heavy atom. The Morgan fingerprint density at radius 2 is 1.86 bits per heavy atom. The number of hydrogen-bond donors (Lipinski definition) is 1. The monoisotopic (exact) mass is 396 g/mol. The molecule has 0 radical (unpaired) electrons. The maximum absolute atomic E-state index is 13.1. The normalized spacial score (nSPS) is 10.9. The van der Waals surface area contributed by atoms with E-state index in [1.807, 2.05) is 0 Å². The van der Waals surface area contributed by atoms with Crippen LogP contribution in [0, 0.1) is 5.82 Å². The van der Waals surface area contributed by atoms with E-state index < -0.39 is 5.76 Å². The van der Waals surface area contributed by atoms with Crippen molar-refractivity contribution in [3.63, 3.8) is 0 Å². The minimum atomic E-state index is -0.549. The highest BCUT2D eigenvalue weighted by molar-refractivity contribution is 6.31. The molecule has 0 unspecified atom stereocenters. The molecule has 1 amide bonds. The standard InChI is InChI=1S/C21H14ClFN2O3/c22-15-2-1-3-17(11-15)24-20(26)14-6-9-19-18(10-14)25(21(27)28-19)12-13-4-7-16(23)8-5-13/h1-11H,12H2,(H,24,26). The Hall–Kier alpha value is -3.38. The molecule has 0 saturated carbocycles. The molecular formula is C21H14ClFN2O3. The summed E-state index contributed by atoms with van der Waals surface area (Å²) in [6, 6.07) is 17.4. The van der Waals surface area contributed by atoms with Gasteiger partial charge in [0.15, 0.2) is 5.58 Å². The van der Waals surface area contributed by atoms with E-state index in [1.54, 1.807) is 54.6 Å². The average molecular weight is 397 g/mol. The van der Waals surface area contributed by atoms with Gasteiger partial charge < -0.3 is 9.73 Å². The molecular weight excluding hydrogens is 383 g/mol. The summed E-state index contributed by atoms with van der Waals surface area (Å²) in [4.78, 5) is 24.8. The third-order valence-electron chi connectivity index (χ3n) is 4.27. The highest BCUT2D eigenvalue weighted by Gasteiger charge is 2.14. The molecule has 0 aliphatic carbocycles. The Kier molecular flexibility index (Phi) is 4.71. The number of halogens is 2. The second-order valence-corrected chi connectivity index (χ2v) is 6.66. The number of fused-ring (bicyclic) bond motifs is 1.